The van der Waals surface area contributed by atoms with Crippen LogP contribution in [0.4, 0.5) is 0 Å². The molecule has 0 saturated heterocycles. The Labute approximate surface area is 125 Å². The van der Waals surface area contributed by atoms with Gasteiger partial charge in [0.05, 0.1) is 10.8 Å². The minimum absolute atomic E-state index is 0.0907. The summed E-state index contributed by atoms with van der Waals surface area (Å²) >= 11 is 37.2. The van der Waals surface area contributed by atoms with Gasteiger partial charge < -0.3 is 0 Å². The number of hydrogen-bond acceptors (Lipinski definition) is 0. The summed E-state index contributed by atoms with van der Waals surface area (Å²) in [5.74, 6) is 0.948. The molecule has 6 heteroatoms. The lowest BCUT2D eigenvalue weighted by molar-refractivity contribution is 0.197. The molecular formula is C10H10Cl6. The lowest BCUT2D eigenvalue weighted by atomic mass is 9.70. The number of hydrogen-bond donors (Lipinski definition) is 0. The Balaban J connectivity index is 2.59. The molecule has 4 atom stereocenters. The molecule has 92 valence electrons. The van der Waals surface area contributed by atoms with Gasteiger partial charge in [0, 0.05) is 39.4 Å². The third-order valence-corrected chi connectivity index (χ3v) is 7.04. The van der Waals surface area contributed by atoms with Gasteiger partial charge in [0.1, 0.15) is 0 Å². The lowest BCUT2D eigenvalue weighted by Crippen LogP contribution is -2.44. The Morgan fingerprint density at radius 2 is 1.62 bits per heavy atom. The van der Waals surface area contributed by atoms with E-state index in [1.165, 1.54) is 0 Å². The summed E-state index contributed by atoms with van der Waals surface area (Å²) in [6.45, 7) is 0. The van der Waals surface area contributed by atoms with E-state index < -0.39 is 10.8 Å². The first-order valence-electron chi connectivity index (χ1n) is 4.85. The van der Waals surface area contributed by atoms with Crippen molar-refractivity contribution >= 4 is 69.6 Å². The fraction of sp³-hybridized carbons (Fsp3) is 0.800. The van der Waals surface area contributed by atoms with Crippen LogP contribution in [0.5, 0.6) is 0 Å². The first-order valence-corrected chi connectivity index (χ1v) is 7.70. The van der Waals surface area contributed by atoms with Crippen LogP contribution >= 0.6 is 69.6 Å². The Morgan fingerprint density at radius 1 is 1.06 bits per heavy atom. The zero-order chi connectivity index (χ0) is 12.1. The summed E-state index contributed by atoms with van der Waals surface area (Å²) in [6.07, 6.45) is 1.91. The van der Waals surface area contributed by atoms with E-state index in [0.717, 1.165) is 0 Å². The van der Waals surface area contributed by atoms with Gasteiger partial charge in [-0.1, -0.05) is 17.7 Å². The van der Waals surface area contributed by atoms with Crippen molar-refractivity contribution in [2.24, 2.45) is 16.7 Å². The summed E-state index contributed by atoms with van der Waals surface area (Å²) in [7, 11) is 0. The van der Waals surface area contributed by atoms with E-state index >= 15 is 0 Å². The van der Waals surface area contributed by atoms with Crippen molar-refractivity contribution in [2.45, 2.75) is 10.8 Å². The molecular weight excluding hydrogens is 333 g/mol. The lowest BCUT2D eigenvalue weighted by Gasteiger charge is -2.40. The van der Waals surface area contributed by atoms with Crippen molar-refractivity contribution in [1.29, 1.82) is 0 Å². The van der Waals surface area contributed by atoms with Gasteiger partial charge in [-0.05, 0) is 0 Å². The molecule has 1 saturated carbocycles. The zero-order valence-corrected chi connectivity index (χ0v) is 12.7. The van der Waals surface area contributed by atoms with Crippen LogP contribution in [0, 0.1) is 16.7 Å². The van der Waals surface area contributed by atoms with Crippen LogP contribution in [0.3, 0.4) is 0 Å². The summed E-state index contributed by atoms with van der Waals surface area (Å²) in [5, 5.41) is 0.144. The SMILES string of the molecule is ClCC1(CCl)[C@@H]2C(Cl)=C[C@@]1(CCl)[C@@H](Cl)[C@@H]2Cl. The first kappa shape index (κ1) is 13.9. The second-order valence-electron chi connectivity index (χ2n) is 4.45. The molecule has 0 aromatic carbocycles. The Hall–Kier alpha value is 1.48. The molecule has 0 amide bonds. The van der Waals surface area contributed by atoms with Gasteiger partial charge in [-0.15, -0.1) is 58.0 Å². The van der Waals surface area contributed by atoms with Gasteiger partial charge >= 0.3 is 0 Å². The molecule has 0 unspecified atom stereocenters. The van der Waals surface area contributed by atoms with E-state index in [1.54, 1.807) is 0 Å². The zero-order valence-electron chi connectivity index (χ0n) is 8.20. The predicted octanol–water partition coefficient (Wildman–Crippen LogP) is 4.66. The molecule has 0 heterocycles. The standard InChI is InChI=1S/C10H10Cl6/c11-2-9-1-5(14)6(7(15)8(9)16)10(9,3-12)4-13/h1,6-8H,2-4H2/t6-,7-,8+,9-/m1/s1. The molecule has 0 spiro atoms. The molecule has 2 rings (SSSR count). The normalized spacial score (nSPS) is 44.9. The summed E-state index contributed by atoms with van der Waals surface area (Å²) in [6, 6.07) is 0. The Kier molecular flexibility index (Phi) is 3.95. The summed E-state index contributed by atoms with van der Waals surface area (Å²) in [4.78, 5) is 0. The number of halogens is 6. The Bertz CT molecular complexity index is 323. The van der Waals surface area contributed by atoms with E-state index in [-0.39, 0.29) is 16.7 Å². The molecule has 0 N–H and O–H groups in total. The van der Waals surface area contributed by atoms with Crippen molar-refractivity contribution in [3.05, 3.63) is 11.1 Å². The minimum Gasteiger partial charge on any atom is -0.126 e. The smallest absolute Gasteiger partial charge is 0.0615 e. The van der Waals surface area contributed by atoms with Crippen LogP contribution in [-0.2, 0) is 0 Å². The van der Waals surface area contributed by atoms with Gasteiger partial charge in [-0.2, -0.15) is 0 Å². The quantitative estimate of drug-likeness (QED) is 0.654. The highest BCUT2D eigenvalue weighted by molar-refractivity contribution is 6.37. The number of alkyl halides is 5. The van der Waals surface area contributed by atoms with Crippen molar-refractivity contribution in [2.75, 3.05) is 17.6 Å². The number of rotatable bonds is 3. The monoisotopic (exact) mass is 340 g/mol. The second kappa shape index (κ2) is 4.54. The van der Waals surface area contributed by atoms with Crippen molar-refractivity contribution in [3.63, 3.8) is 0 Å². The van der Waals surface area contributed by atoms with E-state index in [1.807, 2.05) is 6.08 Å². The van der Waals surface area contributed by atoms with Crippen LogP contribution in [0.1, 0.15) is 0 Å². The molecule has 2 bridgehead atoms. The molecule has 16 heavy (non-hydrogen) atoms. The van der Waals surface area contributed by atoms with Crippen LogP contribution in [-0.4, -0.2) is 28.4 Å². The molecule has 0 aromatic heterocycles. The van der Waals surface area contributed by atoms with E-state index in [0.29, 0.717) is 22.7 Å². The average molecular weight is 343 g/mol. The van der Waals surface area contributed by atoms with Gasteiger partial charge in [0.2, 0.25) is 0 Å². The first-order chi connectivity index (χ1) is 7.50. The maximum atomic E-state index is 6.39. The van der Waals surface area contributed by atoms with Gasteiger partial charge in [0.15, 0.2) is 0 Å². The van der Waals surface area contributed by atoms with Crippen molar-refractivity contribution in [1.82, 2.24) is 0 Å². The van der Waals surface area contributed by atoms with Crippen molar-refractivity contribution < 1.29 is 0 Å². The predicted molar refractivity (Wildman–Crippen MR) is 73.7 cm³/mol. The van der Waals surface area contributed by atoms with E-state index in [9.17, 15) is 0 Å². The van der Waals surface area contributed by atoms with Gasteiger partial charge in [0.25, 0.3) is 0 Å². The molecule has 2 aliphatic carbocycles. The molecule has 0 radical (unpaired) electrons. The van der Waals surface area contributed by atoms with Crippen LogP contribution < -0.4 is 0 Å². The van der Waals surface area contributed by atoms with Gasteiger partial charge in [-0.3, -0.25) is 0 Å². The summed E-state index contributed by atoms with van der Waals surface area (Å²) in [5.41, 5.74) is -0.915. The van der Waals surface area contributed by atoms with E-state index in [4.69, 9.17) is 69.6 Å². The Morgan fingerprint density at radius 3 is 2.00 bits per heavy atom. The van der Waals surface area contributed by atoms with Crippen LogP contribution in [0.2, 0.25) is 0 Å². The molecule has 0 nitrogen and oxygen atoms in total. The fourth-order valence-corrected chi connectivity index (χ4v) is 6.41. The van der Waals surface area contributed by atoms with Crippen LogP contribution in [0.25, 0.3) is 0 Å². The molecule has 1 fully saturated rings. The van der Waals surface area contributed by atoms with Gasteiger partial charge in [-0.25, -0.2) is 0 Å². The average Bonchev–Trinajstić information content (AvgIpc) is 2.65. The molecule has 0 aliphatic heterocycles. The fourth-order valence-electron chi connectivity index (χ4n) is 2.99. The van der Waals surface area contributed by atoms with Crippen molar-refractivity contribution in [3.8, 4) is 0 Å². The maximum Gasteiger partial charge on any atom is 0.0615 e. The van der Waals surface area contributed by atoms with Crippen LogP contribution in [0.15, 0.2) is 11.1 Å². The topological polar surface area (TPSA) is 0 Å². The number of fused-ring (bicyclic) bond motifs is 2. The maximum absolute atomic E-state index is 6.39. The number of allylic oxidation sites excluding steroid dienone is 2. The second-order valence-corrected chi connectivity index (χ2v) is 6.66. The van der Waals surface area contributed by atoms with E-state index in [2.05, 4.69) is 0 Å². The molecule has 2 aliphatic rings. The third kappa shape index (κ3) is 1.38. The highest BCUT2D eigenvalue weighted by Gasteiger charge is 2.70. The summed E-state index contributed by atoms with van der Waals surface area (Å²) < 4.78 is 0. The minimum atomic E-state index is -0.492. The third-order valence-electron chi connectivity index (χ3n) is 4.00. The largest absolute Gasteiger partial charge is 0.126 e. The highest BCUT2D eigenvalue weighted by atomic mass is 35.5. The molecule has 0 aromatic rings. The highest BCUT2D eigenvalue weighted by Crippen LogP contribution is 2.69.